The molecule has 1 aliphatic carbocycles. The Hall–Kier alpha value is -0.910. The van der Waals surface area contributed by atoms with Gasteiger partial charge >= 0.3 is 5.97 Å². The van der Waals surface area contributed by atoms with Gasteiger partial charge in [-0.15, -0.1) is 0 Å². The third kappa shape index (κ3) is 8.75. The SMILES string of the molecule is C=CC(=O)OC1CCC(C2NCC(OCCCCCCCCC)CN2)CC1. The van der Waals surface area contributed by atoms with E-state index >= 15 is 0 Å². The molecule has 1 saturated carbocycles. The summed E-state index contributed by atoms with van der Waals surface area (Å²) in [6.45, 7) is 8.46. The zero-order valence-corrected chi connectivity index (χ0v) is 17.2. The topological polar surface area (TPSA) is 59.6 Å². The van der Waals surface area contributed by atoms with Crippen LogP contribution in [0.1, 0.15) is 77.6 Å². The van der Waals surface area contributed by atoms with Crippen molar-refractivity contribution in [1.82, 2.24) is 10.6 Å². The van der Waals surface area contributed by atoms with Crippen molar-refractivity contribution < 1.29 is 14.3 Å². The van der Waals surface area contributed by atoms with Crippen molar-refractivity contribution in [3.05, 3.63) is 12.7 Å². The molecule has 0 atom stereocenters. The number of nitrogens with one attached hydrogen (secondary N) is 2. The molecule has 156 valence electrons. The lowest BCUT2D eigenvalue weighted by Gasteiger charge is -2.39. The van der Waals surface area contributed by atoms with Gasteiger partial charge in [0.1, 0.15) is 6.10 Å². The molecule has 0 aromatic rings. The lowest BCUT2D eigenvalue weighted by atomic mass is 9.84. The Bertz CT molecular complexity index is 414. The first-order valence-corrected chi connectivity index (χ1v) is 11.1. The Balaban J connectivity index is 1.49. The molecule has 1 heterocycles. The minimum atomic E-state index is -0.298. The number of carbonyl (C=O) groups is 1. The molecule has 2 fully saturated rings. The maximum absolute atomic E-state index is 11.3. The maximum Gasteiger partial charge on any atom is 0.330 e. The van der Waals surface area contributed by atoms with Crippen molar-refractivity contribution in [3.8, 4) is 0 Å². The molecule has 0 aromatic carbocycles. The quantitative estimate of drug-likeness (QED) is 0.305. The molecule has 5 nitrogen and oxygen atoms in total. The van der Waals surface area contributed by atoms with Crippen LogP contribution in [-0.2, 0) is 14.3 Å². The summed E-state index contributed by atoms with van der Waals surface area (Å²) in [5.74, 6) is 0.307. The van der Waals surface area contributed by atoms with E-state index in [1.54, 1.807) is 0 Å². The first kappa shape index (κ1) is 22.4. The van der Waals surface area contributed by atoms with Gasteiger partial charge in [-0.3, -0.25) is 10.6 Å². The van der Waals surface area contributed by atoms with Gasteiger partial charge in [-0.25, -0.2) is 4.79 Å². The average Bonchev–Trinajstić information content (AvgIpc) is 2.71. The van der Waals surface area contributed by atoms with E-state index < -0.39 is 0 Å². The zero-order valence-electron chi connectivity index (χ0n) is 17.2. The van der Waals surface area contributed by atoms with Gasteiger partial charge in [-0.05, 0) is 38.0 Å². The average molecular weight is 381 g/mol. The summed E-state index contributed by atoms with van der Waals surface area (Å²) in [6, 6.07) is 0. The molecule has 1 saturated heterocycles. The fourth-order valence-corrected chi connectivity index (χ4v) is 4.17. The largest absolute Gasteiger partial charge is 0.459 e. The van der Waals surface area contributed by atoms with Crippen LogP contribution in [0, 0.1) is 5.92 Å². The molecule has 0 amide bonds. The van der Waals surface area contributed by atoms with Gasteiger partial charge in [-0.1, -0.05) is 52.0 Å². The highest BCUT2D eigenvalue weighted by molar-refractivity contribution is 5.81. The number of unbranched alkanes of at least 4 members (excludes halogenated alkanes) is 6. The van der Waals surface area contributed by atoms with E-state index in [4.69, 9.17) is 9.47 Å². The molecule has 0 bridgehead atoms. The Kier molecular flexibility index (Phi) is 11.0. The van der Waals surface area contributed by atoms with Crippen molar-refractivity contribution in [2.75, 3.05) is 19.7 Å². The van der Waals surface area contributed by atoms with Gasteiger partial charge in [0.05, 0.1) is 12.3 Å². The van der Waals surface area contributed by atoms with Crippen molar-refractivity contribution in [2.24, 2.45) is 5.92 Å². The van der Waals surface area contributed by atoms with Crippen LogP contribution in [0.4, 0.5) is 0 Å². The Morgan fingerprint density at radius 3 is 2.22 bits per heavy atom. The second-order valence-corrected chi connectivity index (χ2v) is 8.09. The number of hydrogen-bond donors (Lipinski definition) is 2. The molecule has 0 aromatic heterocycles. The normalized spacial score (nSPS) is 28.6. The second kappa shape index (κ2) is 13.3. The molecule has 2 N–H and O–H groups in total. The Morgan fingerprint density at radius 1 is 0.963 bits per heavy atom. The Labute approximate surface area is 165 Å². The maximum atomic E-state index is 11.3. The fraction of sp³-hybridized carbons (Fsp3) is 0.864. The van der Waals surface area contributed by atoms with E-state index in [1.165, 1.54) is 51.0 Å². The first-order chi connectivity index (χ1) is 13.2. The van der Waals surface area contributed by atoms with Crippen molar-refractivity contribution in [1.29, 1.82) is 0 Å². The van der Waals surface area contributed by atoms with Crippen molar-refractivity contribution >= 4 is 5.97 Å². The third-order valence-corrected chi connectivity index (χ3v) is 5.87. The summed E-state index contributed by atoms with van der Waals surface area (Å²) >= 11 is 0. The van der Waals surface area contributed by atoms with E-state index in [-0.39, 0.29) is 18.2 Å². The summed E-state index contributed by atoms with van der Waals surface area (Å²) in [4.78, 5) is 11.3. The van der Waals surface area contributed by atoms with Crippen LogP contribution in [0.5, 0.6) is 0 Å². The predicted octanol–water partition coefficient (Wildman–Crippen LogP) is 3.93. The van der Waals surface area contributed by atoms with E-state index in [0.29, 0.717) is 12.1 Å². The number of rotatable bonds is 12. The van der Waals surface area contributed by atoms with E-state index in [2.05, 4.69) is 24.1 Å². The molecule has 0 radical (unpaired) electrons. The van der Waals surface area contributed by atoms with Gasteiger partial charge in [0.2, 0.25) is 0 Å². The molecule has 5 heteroatoms. The van der Waals surface area contributed by atoms with Crippen LogP contribution in [0.3, 0.4) is 0 Å². The molecular weight excluding hydrogens is 340 g/mol. The summed E-state index contributed by atoms with van der Waals surface area (Å²) in [5, 5.41) is 7.24. The summed E-state index contributed by atoms with van der Waals surface area (Å²) in [6.07, 6.45) is 15.3. The van der Waals surface area contributed by atoms with Crippen LogP contribution in [0.2, 0.25) is 0 Å². The summed E-state index contributed by atoms with van der Waals surface area (Å²) in [5.41, 5.74) is 0. The smallest absolute Gasteiger partial charge is 0.330 e. The molecular formula is C22H40N2O3. The van der Waals surface area contributed by atoms with E-state index in [9.17, 15) is 4.79 Å². The molecule has 2 aliphatic rings. The van der Waals surface area contributed by atoms with Gasteiger partial charge < -0.3 is 9.47 Å². The number of esters is 1. The van der Waals surface area contributed by atoms with E-state index in [0.717, 1.165) is 45.4 Å². The van der Waals surface area contributed by atoms with Crippen LogP contribution in [0.15, 0.2) is 12.7 Å². The van der Waals surface area contributed by atoms with Gasteiger partial charge in [0, 0.05) is 25.8 Å². The summed E-state index contributed by atoms with van der Waals surface area (Å²) in [7, 11) is 0. The lowest BCUT2D eigenvalue weighted by molar-refractivity contribution is -0.145. The monoisotopic (exact) mass is 380 g/mol. The van der Waals surface area contributed by atoms with E-state index in [1.807, 2.05) is 0 Å². The highest BCUT2D eigenvalue weighted by Gasteiger charge is 2.31. The van der Waals surface area contributed by atoms with Crippen LogP contribution in [-0.4, -0.2) is 44.0 Å². The number of carbonyl (C=O) groups excluding carboxylic acids is 1. The predicted molar refractivity (Wildman–Crippen MR) is 110 cm³/mol. The standard InChI is InChI=1S/C22H40N2O3/c1-3-5-6-7-8-9-10-15-26-20-16-23-22(24-17-20)18-11-13-19(14-12-18)27-21(25)4-2/h4,18-20,22-24H,2-3,5-17H2,1H3. The van der Waals surface area contributed by atoms with Gasteiger partial charge in [-0.2, -0.15) is 0 Å². The fourth-order valence-electron chi connectivity index (χ4n) is 4.17. The Morgan fingerprint density at radius 2 is 1.59 bits per heavy atom. The van der Waals surface area contributed by atoms with Crippen LogP contribution < -0.4 is 10.6 Å². The number of ether oxygens (including phenoxy) is 2. The lowest BCUT2D eigenvalue weighted by Crippen LogP contribution is -2.59. The molecule has 0 unspecified atom stereocenters. The molecule has 27 heavy (non-hydrogen) atoms. The molecule has 1 aliphatic heterocycles. The van der Waals surface area contributed by atoms with Crippen LogP contribution in [0.25, 0.3) is 0 Å². The van der Waals surface area contributed by atoms with Gasteiger partial charge in [0.15, 0.2) is 0 Å². The highest BCUT2D eigenvalue weighted by atomic mass is 16.5. The number of hydrogen-bond acceptors (Lipinski definition) is 5. The highest BCUT2D eigenvalue weighted by Crippen LogP contribution is 2.28. The first-order valence-electron chi connectivity index (χ1n) is 11.1. The summed E-state index contributed by atoms with van der Waals surface area (Å²) < 4.78 is 11.4. The second-order valence-electron chi connectivity index (χ2n) is 8.09. The third-order valence-electron chi connectivity index (χ3n) is 5.87. The molecule has 2 rings (SSSR count). The minimum absolute atomic E-state index is 0.0633. The van der Waals surface area contributed by atoms with Crippen molar-refractivity contribution in [3.63, 3.8) is 0 Å². The minimum Gasteiger partial charge on any atom is -0.459 e. The zero-order chi connectivity index (χ0) is 19.3. The van der Waals surface area contributed by atoms with Crippen molar-refractivity contribution in [2.45, 2.75) is 95.9 Å². The van der Waals surface area contributed by atoms with Crippen LogP contribution >= 0.6 is 0 Å². The molecule has 0 spiro atoms. The van der Waals surface area contributed by atoms with Gasteiger partial charge in [0.25, 0.3) is 0 Å².